The zero-order chi connectivity index (χ0) is 12.0. The second kappa shape index (κ2) is 3.84. The SMILES string of the molecule is Cc1ccc2c(c1)[C@@H](N)C(=O)N2C1CCCC1. The Labute approximate surface area is 102 Å². The van der Waals surface area contributed by atoms with Crippen molar-refractivity contribution in [1.82, 2.24) is 0 Å². The molecule has 1 aromatic rings. The molecule has 1 saturated carbocycles. The van der Waals surface area contributed by atoms with E-state index in [0.29, 0.717) is 6.04 Å². The summed E-state index contributed by atoms with van der Waals surface area (Å²) < 4.78 is 0. The van der Waals surface area contributed by atoms with Gasteiger partial charge in [-0.2, -0.15) is 0 Å². The average Bonchev–Trinajstić information content (AvgIpc) is 2.90. The van der Waals surface area contributed by atoms with Crippen molar-refractivity contribution >= 4 is 11.6 Å². The first-order chi connectivity index (χ1) is 8.18. The Morgan fingerprint density at radius 2 is 2.00 bits per heavy atom. The minimum absolute atomic E-state index is 0.0810. The molecule has 1 aliphatic heterocycles. The highest BCUT2D eigenvalue weighted by Gasteiger charge is 2.39. The number of nitrogens with zero attached hydrogens (tertiary/aromatic N) is 1. The van der Waals surface area contributed by atoms with E-state index in [1.807, 2.05) is 24.0 Å². The number of rotatable bonds is 1. The van der Waals surface area contributed by atoms with Gasteiger partial charge < -0.3 is 10.6 Å². The van der Waals surface area contributed by atoms with E-state index >= 15 is 0 Å². The number of fused-ring (bicyclic) bond motifs is 1. The van der Waals surface area contributed by atoms with Crippen LogP contribution < -0.4 is 10.6 Å². The molecule has 1 aliphatic carbocycles. The lowest BCUT2D eigenvalue weighted by Crippen LogP contribution is -2.38. The molecule has 1 amide bonds. The summed E-state index contributed by atoms with van der Waals surface area (Å²) in [6.45, 7) is 2.04. The molecule has 0 radical (unpaired) electrons. The molecule has 3 nitrogen and oxygen atoms in total. The van der Waals surface area contributed by atoms with Crippen molar-refractivity contribution in [3.63, 3.8) is 0 Å². The quantitative estimate of drug-likeness (QED) is 0.804. The smallest absolute Gasteiger partial charge is 0.248 e. The van der Waals surface area contributed by atoms with Crippen LogP contribution in [-0.2, 0) is 4.79 Å². The van der Waals surface area contributed by atoms with Crippen molar-refractivity contribution in [3.05, 3.63) is 29.3 Å². The number of benzene rings is 1. The van der Waals surface area contributed by atoms with E-state index in [-0.39, 0.29) is 5.91 Å². The Morgan fingerprint density at radius 3 is 2.71 bits per heavy atom. The fourth-order valence-corrected chi connectivity index (χ4v) is 3.08. The Kier molecular flexibility index (Phi) is 2.44. The van der Waals surface area contributed by atoms with Crippen molar-refractivity contribution in [2.75, 3.05) is 4.90 Å². The number of carbonyl (C=O) groups is 1. The van der Waals surface area contributed by atoms with Crippen LogP contribution in [0, 0.1) is 6.92 Å². The molecule has 0 saturated heterocycles. The summed E-state index contributed by atoms with van der Waals surface area (Å²) in [7, 11) is 0. The lowest BCUT2D eigenvalue weighted by Gasteiger charge is -2.24. The van der Waals surface area contributed by atoms with Gasteiger partial charge in [0.05, 0.1) is 0 Å². The number of hydrogen-bond acceptors (Lipinski definition) is 2. The highest BCUT2D eigenvalue weighted by molar-refractivity contribution is 6.05. The van der Waals surface area contributed by atoms with Crippen molar-refractivity contribution in [2.24, 2.45) is 5.73 Å². The molecule has 0 aromatic heterocycles. The largest absolute Gasteiger partial charge is 0.316 e. The topological polar surface area (TPSA) is 46.3 Å². The molecule has 1 fully saturated rings. The third-order valence-corrected chi connectivity index (χ3v) is 3.97. The molecular weight excluding hydrogens is 212 g/mol. The van der Waals surface area contributed by atoms with Gasteiger partial charge >= 0.3 is 0 Å². The summed E-state index contributed by atoms with van der Waals surface area (Å²) in [5, 5.41) is 0. The van der Waals surface area contributed by atoms with Gasteiger partial charge in [-0.05, 0) is 25.8 Å². The van der Waals surface area contributed by atoms with Crippen LogP contribution in [-0.4, -0.2) is 11.9 Å². The van der Waals surface area contributed by atoms with Crippen LogP contribution in [0.25, 0.3) is 0 Å². The van der Waals surface area contributed by atoms with Gasteiger partial charge in [-0.3, -0.25) is 4.79 Å². The first-order valence-corrected chi connectivity index (χ1v) is 6.37. The zero-order valence-corrected chi connectivity index (χ0v) is 10.1. The molecule has 1 atom stereocenters. The molecule has 90 valence electrons. The van der Waals surface area contributed by atoms with Crippen molar-refractivity contribution < 1.29 is 4.79 Å². The summed E-state index contributed by atoms with van der Waals surface area (Å²) in [5.74, 6) is 0.0810. The van der Waals surface area contributed by atoms with E-state index in [1.54, 1.807) is 0 Å². The normalized spacial score (nSPS) is 24.5. The number of carbonyl (C=O) groups excluding carboxylic acids is 1. The second-order valence-corrected chi connectivity index (χ2v) is 5.19. The van der Waals surface area contributed by atoms with Crippen LogP contribution in [0.2, 0.25) is 0 Å². The molecule has 3 rings (SSSR count). The predicted molar refractivity (Wildman–Crippen MR) is 67.8 cm³/mol. The van der Waals surface area contributed by atoms with Crippen LogP contribution >= 0.6 is 0 Å². The summed E-state index contributed by atoms with van der Waals surface area (Å²) >= 11 is 0. The van der Waals surface area contributed by atoms with Crippen molar-refractivity contribution in [1.29, 1.82) is 0 Å². The van der Waals surface area contributed by atoms with Crippen molar-refractivity contribution in [2.45, 2.75) is 44.7 Å². The van der Waals surface area contributed by atoms with E-state index in [1.165, 1.54) is 18.4 Å². The highest BCUT2D eigenvalue weighted by Crippen LogP contribution is 2.39. The number of anilines is 1. The molecule has 1 heterocycles. The van der Waals surface area contributed by atoms with Gasteiger partial charge in [0.25, 0.3) is 0 Å². The summed E-state index contributed by atoms with van der Waals surface area (Å²) in [6, 6.07) is 6.08. The fraction of sp³-hybridized carbons (Fsp3) is 0.500. The Bertz CT molecular complexity index is 463. The van der Waals surface area contributed by atoms with Gasteiger partial charge in [0, 0.05) is 17.3 Å². The summed E-state index contributed by atoms with van der Waals surface area (Å²) in [6.07, 6.45) is 4.69. The van der Waals surface area contributed by atoms with Crippen LogP contribution in [0.3, 0.4) is 0 Å². The van der Waals surface area contributed by atoms with Crippen LogP contribution in [0.4, 0.5) is 5.69 Å². The maximum absolute atomic E-state index is 12.3. The van der Waals surface area contributed by atoms with Gasteiger partial charge in [0.2, 0.25) is 5.91 Å². The Balaban J connectivity index is 2.04. The molecule has 0 unspecified atom stereocenters. The molecule has 1 aromatic carbocycles. The van der Waals surface area contributed by atoms with Gasteiger partial charge in [0.15, 0.2) is 0 Å². The first kappa shape index (κ1) is 10.8. The Hall–Kier alpha value is -1.35. The third kappa shape index (κ3) is 1.57. The van der Waals surface area contributed by atoms with E-state index in [0.717, 1.165) is 24.1 Å². The zero-order valence-electron chi connectivity index (χ0n) is 10.1. The standard InChI is InChI=1S/C14H18N2O/c1-9-6-7-12-11(8-9)13(15)14(17)16(12)10-4-2-3-5-10/h6-8,10,13H,2-5,15H2,1H3/t13-/m1/s1. The molecule has 17 heavy (non-hydrogen) atoms. The molecule has 0 bridgehead atoms. The first-order valence-electron chi connectivity index (χ1n) is 6.37. The summed E-state index contributed by atoms with van der Waals surface area (Å²) in [5.41, 5.74) is 9.24. The molecule has 2 aliphatic rings. The van der Waals surface area contributed by atoms with Gasteiger partial charge in [-0.25, -0.2) is 0 Å². The van der Waals surface area contributed by atoms with Crippen LogP contribution in [0.5, 0.6) is 0 Å². The van der Waals surface area contributed by atoms with E-state index in [9.17, 15) is 4.79 Å². The minimum atomic E-state index is -0.453. The fourth-order valence-electron chi connectivity index (χ4n) is 3.08. The van der Waals surface area contributed by atoms with E-state index < -0.39 is 6.04 Å². The maximum atomic E-state index is 12.3. The maximum Gasteiger partial charge on any atom is 0.248 e. The third-order valence-electron chi connectivity index (χ3n) is 3.97. The molecule has 3 heteroatoms. The lowest BCUT2D eigenvalue weighted by molar-refractivity contribution is -0.119. The lowest BCUT2D eigenvalue weighted by atomic mass is 10.1. The number of aryl methyl sites for hydroxylation is 1. The molecular formula is C14H18N2O. The summed E-state index contributed by atoms with van der Waals surface area (Å²) in [4.78, 5) is 14.2. The van der Waals surface area contributed by atoms with Gasteiger partial charge in [-0.1, -0.05) is 30.5 Å². The van der Waals surface area contributed by atoms with E-state index in [4.69, 9.17) is 5.73 Å². The van der Waals surface area contributed by atoms with Gasteiger partial charge in [0.1, 0.15) is 6.04 Å². The predicted octanol–water partition coefficient (Wildman–Crippen LogP) is 2.28. The average molecular weight is 230 g/mol. The second-order valence-electron chi connectivity index (χ2n) is 5.19. The van der Waals surface area contributed by atoms with Gasteiger partial charge in [-0.15, -0.1) is 0 Å². The van der Waals surface area contributed by atoms with Crippen molar-refractivity contribution in [3.8, 4) is 0 Å². The van der Waals surface area contributed by atoms with Crippen LogP contribution in [0.15, 0.2) is 18.2 Å². The number of nitrogens with two attached hydrogens (primary N) is 1. The highest BCUT2D eigenvalue weighted by atomic mass is 16.2. The minimum Gasteiger partial charge on any atom is -0.316 e. The number of amides is 1. The molecule has 2 N–H and O–H groups in total. The number of hydrogen-bond donors (Lipinski definition) is 1. The van der Waals surface area contributed by atoms with Crippen LogP contribution in [0.1, 0.15) is 42.9 Å². The van der Waals surface area contributed by atoms with E-state index in [2.05, 4.69) is 6.07 Å². The molecule has 0 spiro atoms. The monoisotopic (exact) mass is 230 g/mol. The Morgan fingerprint density at radius 1 is 1.29 bits per heavy atom.